The SMILES string of the molecule is CN(CC(N)=O)c1nc2ccccc2cc1CO. The molecule has 0 aliphatic rings. The van der Waals surface area contributed by atoms with Crippen LogP contribution in [0.2, 0.25) is 0 Å². The van der Waals surface area contributed by atoms with Crippen LogP contribution >= 0.6 is 0 Å². The van der Waals surface area contributed by atoms with Crippen molar-refractivity contribution in [3.8, 4) is 0 Å². The van der Waals surface area contributed by atoms with Crippen LogP contribution in [-0.4, -0.2) is 29.6 Å². The average molecular weight is 245 g/mol. The highest BCUT2D eigenvalue weighted by atomic mass is 16.3. The van der Waals surface area contributed by atoms with Gasteiger partial charge >= 0.3 is 0 Å². The quantitative estimate of drug-likeness (QED) is 0.828. The van der Waals surface area contributed by atoms with E-state index in [4.69, 9.17) is 5.73 Å². The number of nitrogens with two attached hydrogens (primary N) is 1. The van der Waals surface area contributed by atoms with Crippen molar-refractivity contribution in [3.05, 3.63) is 35.9 Å². The van der Waals surface area contributed by atoms with Crippen LogP contribution < -0.4 is 10.6 Å². The Morgan fingerprint density at radius 3 is 2.83 bits per heavy atom. The standard InChI is InChI=1S/C13H15N3O2/c1-16(7-12(14)18)13-10(8-17)6-9-4-2-3-5-11(9)15-13/h2-6,17H,7-8H2,1H3,(H2,14,18). The highest BCUT2D eigenvalue weighted by molar-refractivity contribution is 5.83. The highest BCUT2D eigenvalue weighted by Gasteiger charge is 2.12. The third kappa shape index (κ3) is 2.41. The van der Waals surface area contributed by atoms with E-state index in [0.717, 1.165) is 10.9 Å². The van der Waals surface area contributed by atoms with Gasteiger partial charge in [-0.3, -0.25) is 4.79 Å². The summed E-state index contributed by atoms with van der Waals surface area (Å²) in [5, 5.41) is 10.3. The molecule has 0 aliphatic carbocycles. The number of aliphatic hydroxyl groups excluding tert-OH is 1. The van der Waals surface area contributed by atoms with Crippen LogP contribution in [0.1, 0.15) is 5.56 Å². The molecule has 1 amide bonds. The maximum absolute atomic E-state index is 10.9. The molecular weight excluding hydrogens is 230 g/mol. The minimum Gasteiger partial charge on any atom is -0.392 e. The molecule has 94 valence electrons. The number of hydrogen-bond acceptors (Lipinski definition) is 4. The number of fused-ring (bicyclic) bond motifs is 1. The van der Waals surface area contributed by atoms with Crippen molar-refractivity contribution >= 4 is 22.6 Å². The lowest BCUT2D eigenvalue weighted by molar-refractivity contribution is -0.116. The predicted octanol–water partition coefficient (Wildman–Crippen LogP) is 0.649. The number of hydrogen-bond donors (Lipinski definition) is 2. The van der Waals surface area contributed by atoms with Gasteiger partial charge < -0.3 is 15.7 Å². The minimum absolute atomic E-state index is 0.0678. The van der Waals surface area contributed by atoms with Crippen LogP contribution in [0.3, 0.4) is 0 Å². The zero-order chi connectivity index (χ0) is 13.1. The molecule has 18 heavy (non-hydrogen) atoms. The molecule has 5 heteroatoms. The number of pyridine rings is 1. The summed E-state index contributed by atoms with van der Waals surface area (Å²) in [5.41, 5.74) is 6.66. The summed E-state index contributed by atoms with van der Waals surface area (Å²) in [5.74, 6) is 0.145. The van der Waals surface area contributed by atoms with Crippen molar-refractivity contribution in [2.24, 2.45) is 5.73 Å². The molecule has 1 aromatic carbocycles. The molecule has 0 aliphatic heterocycles. The molecule has 0 spiro atoms. The van der Waals surface area contributed by atoms with Crippen LogP contribution in [0.15, 0.2) is 30.3 Å². The molecule has 0 unspecified atom stereocenters. The summed E-state index contributed by atoms with van der Waals surface area (Å²) in [6.07, 6.45) is 0. The van der Waals surface area contributed by atoms with Crippen molar-refractivity contribution in [1.29, 1.82) is 0 Å². The van der Waals surface area contributed by atoms with Gasteiger partial charge in [0.25, 0.3) is 0 Å². The predicted molar refractivity (Wildman–Crippen MR) is 70.1 cm³/mol. The van der Waals surface area contributed by atoms with Crippen LogP contribution in [0.25, 0.3) is 10.9 Å². The first-order valence-corrected chi connectivity index (χ1v) is 5.61. The average Bonchev–Trinajstić information content (AvgIpc) is 2.36. The van der Waals surface area contributed by atoms with Crippen LogP contribution in [0.5, 0.6) is 0 Å². The molecule has 1 heterocycles. The number of primary amides is 1. The van der Waals surface area contributed by atoms with Crippen molar-refractivity contribution < 1.29 is 9.90 Å². The highest BCUT2D eigenvalue weighted by Crippen LogP contribution is 2.22. The molecule has 5 nitrogen and oxygen atoms in total. The minimum atomic E-state index is -0.434. The van der Waals surface area contributed by atoms with Gasteiger partial charge in [-0.25, -0.2) is 4.98 Å². The molecule has 3 N–H and O–H groups in total. The lowest BCUT2D eigenvalue weighted by Gasteiger charge is -2.19. The first kappa shape index (κ1) is 12.3. The molecule has 0 saturated heterocycles. The number of amides is 1. The Morgan fingerprint density at radius 1 is 1.44 bits per heavy atom. The number of para-hydroxylation sites is 1. The number of likely N-dealkylation sites (N-methyl/N-ethyl adjacent to an activating group) is 1. The number of benzene rings is 1. The Morgan fingerprint density at radius 2 is 2.17 bits per heavy atom. The summed E-state index contributed by atoms with van der Waals surface area (Å²) < 4.78 is 0. The van der Waals surface area contributed by atoms with Crippen molar-refractivity contribution in [2.75, 3.05) is 18.5 Å². The second kappa shape index (κ2) is 5.01. The first-order valence-electron chi connectivity index (χ1n) is 5.61. The molecule has 2 rings (SSSR count). The monoisotopic (exact) mass is 245 g/mol. The molecule has 0 atom stereocenters. The number of aliphatic hydroxyl groups is 1. The smallest absolute Gasteiger partial charge is 0.236 e. The zero-order valence-electron chi connectivity index (χ0n) is 10.1. The largest absolute Gasteiger partial charge is 0.392 e. The number of carbonyl (C=O) groups is 1. The fourth-order valence-electron chi connectivity index (χ4n) is 1.91. The number of anilines is 1. The normalized spacial score (nSPS) is 10.6. The lowest BCUT2D eigenvalue weighted by atomic mass is 10.1. The van der Waals surface area contributed by atoms with Gasteiger partial charge in [-0.15, -0.1) is 0 Å². The summed E-state index contributed by atoms with van der Waals surface area (Å²) in [6.45, 7) is -0.0609. The molecule has 1 aromatic heterocycles. The zero-order valence-corrected chi connectivity index (χ0v) is 10.1. The van der Waals surface area contributed by atoms with E-state index in [1.54, 1.807) is 11.9 Å². The van der Waals surface area contributed by atoms with Gasteiger partial charge in [0.15, 0.2) is 0 Å². The maximum atomic E-state index is 10.9. The third-order valence-corrected chi connectivity index (χ3v) is 2.70. The Balaban J connectivity index is 2.50. The van der Waals surface area contributed by atoms with Gasteiger partial charge in [-0.2, -0.15) is 0 Å². The van der Waals surface area contributed by atoms with E-state index in [-0.39, 0.29) is 13.2 Å². The van der Waals surface area contributed by atoms with Crippen molar-refractivity contribution in [2.45, 2.75) is 6.61 Å². The second-order valence-corrected chi connectivity index (χ2v) is 4.14. The van der Waals surface area contributed by atoms with Crippen molar-refractivity contribution in [3.63, 3.8) is 0 Å². The Kier molecular flexibility index (Phi) is 3.43. The molecule has 0 fully saturated rings. The summed E-state index contributed by atoms with van der Waals surface area (Å²) in [7, 11) is 1.72. The number of carbonyl (C=O) groups excluding carboxylic acids is 1. The number of nitrogens with zero attached hydrogens (tertiary/aromatic N) is 2. The molecule has 2 aromatic rings. The topological polar surface area (TPSA) is 79.5 Å². The van der Waals surface area contributed by atoms with E-state index in [1.165, 1.54) is 0 Å². The van der Waals surface area contributed by atoms with E-state index in [2.05, 4.69) is 4.98 Å². The van der Waals surface area contributed by atoms with E-state index >= 15 is 0 Å². The third-order valence-electron chi connectivity index (χ3n) is 2.70. The Bertz CT molecular complexity index is 583. The molecule has 0 saturated carbocycles. The summed E-state index contributed by atoms with van der Waals surface area (Å²) in [4.78, 5) is 17.0. The van der Waals surface area contributed by atoms with E-state index in [1.807, 2.05) is 30.3 Å². The van der Waals surface area contributed by atoms with Gasteiger partial charge in [0.1, 0.15) is 5.82 Å². The molecule has 0 radical (unpaired) electrons. The van der Waals surface area contributed by atoms with Gasteiger partial charge in [0.05, 0.1) is 18.7 Å². The van der Waals surface area contributed by atoms with Crippen LogP contribution in [-0.2, 0) is 11.4 Å². The van der Waals surface area contributed by atoms with Crippen LogP contribution in [0.4, 0.5) is 5.82 Å². The van der Waals surface area contributed by atoms with E-state index in [9.17, 15) is 9.90 Å². The summed E-state index contributed by atoms with van der Waals surface area (Å²) in [6, 6.07) is 9.50. The van der Waals surface area contributed by atoms with Gasteiger partial charge in [-0.05, 0) is 12.1 Å². The Hall–Kier alpha value is -2.14. The maximum Gasteiger partial charge on any atom is 0.236 e. The second-order valence-electron chi connectivity index (χ2n) is 4.14. The van der Waals surface area contributed by atoms with Gasteiger partial charge in [0, 0.05) is 18.0 Å². The Labute approximate surface area is 105 Å². The number of aromatic nitrogens is 1. The first-order chi connectivity index (χ1) is 8.61. The summed E-state index contributed by atoms with van der Waals surface area (Å²) >= 11 is 0. The molecular formula is C13H15N3O2. The fourth-order valence-corrected chi connectivity index (χ4v) is 1.91. The van der Waals surface area contributed by atoms with Gasteiger partial charge in [-0.1, -0.05) is 18.2 Å². The van der Waals surface area contributed by atoms with Gasteiger partial charge in [0.2, 0.25) is 5.91 Å². The van der Waals surface area contributed by atoms with Crippen molar-refractivity contribution in [1.82, 2.24) is 4.98 Å². The molecule has 0 bridgehead atoms. The van der Waals surface area contributed by atoms with Crippen LogP contribution in [0, 0.1) is 0 Å². The fraction of sp³-hybridized carbons (Fsp3) is 0.231. The number of rotatable bonds is 4. The lowest BCUT2D eigenvalue weighted by Crippen LogP contribution is -2.31. The van der Waals surface area contributed by atoms with E-state index in [0.29, 0.717) is 11.4 Å². The van der Waals surface area contributed by atoms with E-state index < -0.39 is 5.91 Å².